The zero-order chi connectivity index (χ0) is 15.5. The van der Waals surface area contributed by atoms with E-state index in [1.54, 1.807) is 7.11 Å². The Morgan fingerprint density at radius 1 is 1.38 bits per heavy atom. The lowest BCUT2D eigenvalue weighted by Crippen LogP contribution is -2.89. The van der Waals surface area contributed by atoms with Crippen molar-refractivity contribution in [3.05, 3.63) is 23.8 Å². The summed E-state index contributed by atoms with van der Waals surface area (Å²) in [5, 5.41) is 2.09. The summed E-state index contributed by atoms with van der Waals surface area (Å²) in [4.78, 5) is 0. The van der Waals surface area contributed by atoms with Crippen molar-refractivity contribution < 1.29 is 23.2 Å². The number of benzene rings is 1. The Hall–Kier alpha value is -1.27. The van der Waals surface area contributed by atoms with Crippen LogP contribution in [0.2, 0.25) is 0 Å². The normalized spacial score (nSPS) is 20.7. The lowest BCUT2D eigenvalue weighted by Gasteiger charge is -2.17. The van der Waals surface area contributed by atoms with Gasteiger partial charge in [0.25, 0.3) is 0 Å². The SMILES string of the molecule is COc1cccc(C[NH2+][C@@H]2CCS(=O)(=O)C2)c1OC(C)C. The molecule has 1 aromatic carbocycles. The van der Waals surface area contributed by atoms with Crippen LogP contribution in [0, 0.1) is 0 Å². The molecule has 1 aromatic rings. The van der Waals surface area contributed by atoms with Gasteiger partial charge in [-0.25, -0.2) is 8.42 Å². The number of hydrogen-bond acceptors (Lipinski definition) is 4. The average molecular weight is 314 g/mol. The highest BCUT2D eigenvalue weighted by Crippen LogP contribution is 2.31. The second-order valence-corrected chi connectivity index (χ2v) is 7.95. The fourth-order valence-electron chi connectivity index (χ4n) is 2.56. The van der Waals surface area contributed by atoms with Crippen molar-refractivity contribution in [3.8, 4) is 11.5 Å². The van der Waals surface area contributed by atoms with E-state index in [1.807, 2.05) is 32.0 Å². The molecular weight excluding hydrogens is 290 g/mol. The van der Waals surface area contributed by atoms with E-state index in [-0.39, 0.29) is 17.9 Å². The highest BCUT2D eigenvalue weighted by molar-refractivity contribution is 7.91. The Morgan fingerprint density at radius 3 is 2.71 bits per heavy atom. The Labute approximate surface area is 126 Å². The Kier molecular flexibility index (Phi) is 5.11. The molecule has 5 nitrogen and oxygen atoms in total. The maximum absolute atomic E-state index is 11.5. The first-order chi connectivity index (χ1) is 9.91. The Morgan fingerprint density at radius 2 is 2.14 bits per heavy atom. The summed E-state index contributed by atoms with van der Waals surface area (Å²) in [5.74, 6) is 2.06. The summed E-state index contributed by atoms with van der Waals surface area (Å²) in [6.45, 7) is 4.65. The molecule has 0 radical (unpaired) electrons. The number of methoxy groups -OCH3 is 1. The van der Waals surface area contributed by atoms with Gasteiger partial charge in [-0.15, -0.1) is 0 Å². The monoisotopic (exact) mass is 314 g/mol. The standard InChI is InChI=1S/C15H23NO4S/c1-11(2)20-15-12(5-4-6-14(15)19-3)9-16-13-7-8-21(17,18)10-13/h4-6,11,13,16H,7-10H2,1-3H3/p+1/t13-/m1/s1. The van der Waals surface area contributed by atoms with Gasteiger partial charge < -0.3 is 14.8 Å². The van der Waals surface area contributed by atoms with Crippen molar-refractivity contribution in [1.82, 2.24) is 0 Å². The highest BCUT2D eigenvalue weighted by Gasteiger charge is 2.30. The van der Waals surface area contributed by atoms with Crippen molar-refractivity contribution in [1.29, 1.82) is 0 Å². The lowest BCUT2D eigenvalue weighted by atomic mass is 10.1. The third-order valence-electron chi connectivity index (χ3n) is 3.57. The van der Waals surface area contributed by atoms with E-state index < -0.39 is 9.84 Å². The third-order valence-corrected chi connectivity index (χ3v) is 5.37. The number of para-hydroxylation sites is 1. The van der Waals surface area contributed by atoms with Crippen LogP contribution in [0.3, 0.4) is 0 Å². The fraction of sp³-hybridized carbons (Fsp3) is 0.600. The predicted octanol–water partition coefficient (Wildman–Crippen LogP) is 0.733. The number of quaternary nitrogens is 1. The molecule has 0 aromatic heterocycles. The number of hydrogen-bond donors (Lipinski definition) is 1. The number of sulfone groups is 1. The summed E-state index contributed by atoms with van der Waals surface area (Å²) < 4.78 is 34.2. The molecule has 0 bridgehead atoms. The summed E-state index contributed by atoms with van der Waals surface area (Å²) in [5.41, 5.74) is 1.03. The van der Waals surface area contributed by atoms with Crippen LogP contribution in [0.5, 0.6) is 11.5 Å². The van der Waals surface area contributed by atoms with Gasteiger partial charge in [0.05, 0.1) is 24.5 Å². The molecular formula is C15H24NO4S+. The molecule has 1 heterocycles. The summed E-state index contributed by atoms with van der Waals surface area (Å²) in [7, 11) is -1.20. The summed E-state index contributed by atoms with van der Waals surface area (Å²) >= 11 is 0. The molecule has 6 heteroatoms. The van der Waals surface area contributed by atoms with Crippen LogP contribution in [-0.4, -0.2) is 39.2 Å². The minimum atomic E-state index is -2.83. The minimum Gasteiger partial charge on any atom is -0.493 e. The first-order valence-electron chi connectivity index (χ1n) is 7.27. The molecule has 0 saturated carbocycles. The molecule has 0 spiro atoms. The molecule has 21 heavy (non-hydrogen) atoms. The van der Waals surface area contributed by atoms with E-state index >= 15 is 0 Å². The molecule has 0 aliphatic carbocycles. The van der Waals surface area contributed by atoms with Crippen LogP contribution in [0.1, 0.15) is 25.8 Å². The second-order valence-electron chi connectivity index (χ2n) is 5.72. The van der Waals surface area contributed by atoms with Crippen LogP contribution >= 0.6 is 0 Å². The first kappa shape index (κ1) is 16.1. The van der Waals surface area contributed by atoms with E-state index in [9.17, 15) is 8.42 Å². The maximum Gasteiger partial charge on any atom is 0.170 e. The number of ether oxygens (including phenoxy) is 2. The smallest absolute Gasteiger partial charge is 0.170 e. The minimum absolute atomic E-state index is 0.0620. The van der Waals surface area contributed by atoms with E-state index in [0.717, 1.165) is 17.7 Å². The molecule has 0 unspecified atom stereocenters. The maximum atomic E-state index is 11.5. The Balaban J connectivity index is 2.09. The molecule has 0 amide bonds. The van der Waals surface area contributed by atoms with Crippen molar-refractivity contribution in [2.45, 2.75) is 39.0 Å². The first-order valence-corrected chi connectivity index (χ1v) is 9.09. The molecule has 1 aliphatic heterocycles. The van der Waals surface area contributed by atoms with Gasteiger partial charge in [-0.2, -0.15) is 0 Å². The van der Waals surface area contributed by atoms with Crippen LogP contribution in [0.4, 0.5) is 0 Å². The second kappa shape index (κ2) is 6.66. The number of nitrogens with two attached hydrogens (primary N) is 1. The summed E-state index contributed by atoms with van der Waals surface area (Å²) in [6, 6.07) is 5.95. The van der Waals surface area contributed by atoms with Gasteiger partial charge in [0.2, 0.25) is 0 Å². The van der Waals surface area contributed by atoms with Crippen LogP contribution in [0.25, 0.3) is 0 Å². The third kappa shape index (κ3) is 4.35. The molecule has 1 aliphatic rings. The van der Waals surface area contributed by atoms with E-state index in [2.05, 4.69) is 5.32 Å². The van der Waals surface area contributed by atoms with E-state index in [1.165, 1.54) is 0 Å². The predicted molar refractivity (Wildman–Crippen MR) is 81.4 cm³/mol. The fourth-order valence-corrected chi connectivity index (χ4v) is 4.34. The quantitative estimate of drug-likeness (QED) is 0.840. The highest BCUT2D eigenvalue weighted by atomic mass is 32.2. The molecule has 2 rings (SSSR count). The van der Waals surface area contributed by atoms with Gasteiger partial charge >= 0.3 is 0 Å². The lowest BCUT2D eigenvalue weighted by molar-refractivity contribution is -0.699. The van der Waals surface area contributed by atoms with E-state index in [0.29, 0.717) is 18.0 Å². The molecule has 2 N–H and O–H groups in total. The van der Waals surface area contributed by atoms with Gasteiger partial charge in [0.1, 0.15) is 18.3 Å². The van der Waals surface area contributed by atoms with Gasteiger partial charge in [0, 0.05) is 6.42 Å². The molecule has 1 saturated heterocycles. The van der Waals surface area contributed by atoms with Crippen LogP contribution < -0.4 is 14.8 Å². The van der Waals surface area contributed by atoms with Gasteiger partial charge in [0.15, 0.2) is 21.3 Å². The molecule has 1 atom stereocenters. The van der Waals surface area contributed by atoms with Crippen LogP contribution in [-0.2, 0) is 16.4 Å². The zero-order valence-electron chi connectivity index (χ0n) is 12.8. The van der Waals surface area contributed by atoms with Crippen molar-refractivity contribution >= 4 is 9.84 Å². The Bertz CT molecular complexity index is 583. The van der Waals surface area contributed by atoms with Crippen LogP contribution in [0.15, 0.2) is 18.2 Å². The van der Waals surface area contributed by atoms with Crippen molar-refractivity contribution in [3.63, 3.8) is 0 Å². The zero-order valence-corrected chi connectivity index (χ0v) is 13.7. The van der Waals surface area contributed by atoms with E-state index in [4.69, 9.17) is 9.47 Å². The largest absolute Gasteiger partial charge is 0.493 e. The summed E-state index contributed by atoms with van der Waals surface area (Å²) in [6.07, 6.45) is 0.791. The topological polar surface area (TPSA) is 69.2 Å². The average Bonchev–Trinajstić information content (AvgIpc) is 2.76. The van der Waals surface area contributed by atoms with Gasteiger partial charge in [-0.05, 0) is 26.0 Å². The number of rotatable bonds is 6. The van der Waals surface area contributed by atoms with Crippen molar-refractivity contribution in [2.75, 3.05) is 18.6 Å². The molecule has 118 valence electrons. The molecule has 1 fully saturated rings. The van der Waals surface area contributed by atoms with Gasteiger partial charge in [-0.3, -0.25) is 0 Å². The van der Waals surface area contributed by atoms with Crippen molar-refractivity contribution in [2.24, 2.45) is 0 Å². The van der Waals surface area contributed by atoms with Gasteiger partial charge in [-0.1, -0.05) is 6.07 Å².